The van der Waals surface area contributed by atoms with Crippen molar-refractivity contribution in [2.75, 3.05) is 0 Å². The zero-order valence-electron chi connectivity index (χ0n) is 6.94. The van der Waals surface area contributed by atoms with Gasteiger partial charge in [-0.2, -0.15) is 0 Å². The molecule has 2 radical (unpaired) electrons. The Morgan fingerprint density at radius 1 is 0.421 bits per heavy atom. The Hall–Kier alpha value is 3.95. The van der Waals surface area contributed by atoms with Crippen molar-refractivity contribution >= 4 is 134 Å². The van der Waals surface area contributed by atoms with Gasteiger partial charge in [0.05, 0.1) is 0 Å². The predicted octanol–water partition coefficient (Wildman–Crippen LogP) is -5.32. The summed E-state index contributed by atoms with van der Waals surface area (Å²) in [7, 11) is -15.5. The predicted molar refractivity (Wildman–Crippen MR) is 45.7 cm³/mol. The summed E-state index contributed by atoms with van der Waals surface area (Å²) in [6, 6.07) is 0. The van der Waals surface area contributed by atoms with Crippen LogP contribution < -0.4 is 0 Å². The standard InChI is InChI=1S/2Cr.2K.3H2O4S.2H/c;;;;3*1-5(2,3)4;;/h;;;;3*(H2,1,2,3,4);;/q2*+3;;;;;;;/p-6. The van der Waals surface area contributed by atoms with Crippen LogP contribution in [0.3, 0.4) is 0 Å². The second-order valence-corrected chi connectivity index (χ2v) is 3.67. The normalized spacial score (nSPS) is 9.16. The second kappa shape index (κ2) is 20.0. The Morgan fingerprint density at radius 2 is 0.421 bits per heavy atom. The Bertz CT molecular complexity index is 350. The summed E-state index contributed by atoms with van der Waals surface area (Å²) in [4.78, 5) is 0. The van der Waals surface area contributed by atoms with Crippen LogP contribution in [0, 0.1) is 0 Å². The summed E-state index contributed by atoms with van der Waals surface area (Å²) >= 11 is 0. The third-order valence-corrected chi connectivity index (χ3v) is 0. The molecule has 0 aliphatic carbocycles. The zero-order chi connectivity index (χ0) is 13.5. The van der Waals surface area contributed by atoms with Crippen LogP contribution in [0.15, 0.2) is 0 Å². The van der Waals surface area contributed by atoms with Crippen LogP contribution in [0.5, 0.6) is 0 Å². The van der Waals surface area contributed by atoms with Crippen LogP contribution >= 0.6 is 0 Å². The Balaban J connectivity index is -0.0000000206. The molecule has 0 heterocycles. The van der Waals surface area contributed by atoms with E-state index in [1.807, 2.05) is 0 Å². The van der Waals surface area contributed by atoms with Gasteiger partial charge in [0.25, 0.3) is 0 Å². The molecule has 106 valence electrons. The molecule has 0 aromatic carbocycles. The first-order valence-corrected chi connectivity index (χ1v) is 6.00. The molecule has 0 atom stereocenters. The van der Waals surface area contributed by atoms with Crippen LogP contribution in [0.25, 0.3) is 0 Å². The molecule has 0 spiro atoms. The molecule has 0 aromatic heterocycles. The van der Waals surface area contributed by atoms with Crippen molar-refractivity contribution in [2.45, 2.75) is 0 Å². The topological polar surface area (TPSA) is 241 Å². The van der Waals surface area contributed by atoms with Crippen LogP contribution in [-0.4, -0.2) is 155 Å². The van der Waals surface area contributed by atoms with Gasteiger partial charge < -0.3 is 27.3 Å². The molecule has 19 heavy (non-hydrogen) atoms. The summed E-state index contributed by atoms with van der Waals surface area (Å²) in [6.07, 6.45) is 0. The molecule has 0 aliphatic rings. The van der Waals surface area contributed by atoms with E-state index in [1.165, 1.54) is 0 Å². The fraction of sp³-hybridized carbons (Fsp3) is 0. The Morgan fingerprint density at radius 3 is 0.421 bits per heavy atom. The average Bonchev–Trinajstić information content (AvgIpc) is 1.41. The number of hydrogen-bond acceptors (Lipinski definition) is 12. The van der Waals surface area contributed by atoms with Gasteiger partial charge in [0, 0.05) is 31.2 Å². The average molecular weight is 472 g/mol. The fourth-order valence-corrected chi connectivity index (χ4v) is 0. The molecule has 0 rings (SSSR count). The number of hydrogen-bond donors (Lipinski definition) is 0. The van der Waals surface area contributed by atoms with Gasteiger partial charge >= 0.3 is 137 Å². The van der Waals surface area contributed by atoms with Crippen molar-refractivity contribution in [1.29, 1.82) is 0 Å². The van der Waals surface area contributed by atoms with Gasteiger partial charge in [-0.15, -0.1) is 0 Å². The Kier molecular flexibility index (Phi) is 45.7. The first-order chi connectivity index (χ1) is 6.00. The molecule has 0 saturated carbocycles. The first kappa shape index (κ1) is 43.5. The van der Waals surface area contributed by atoms with E-state index in [-0.39, 0.29) is 137 Å². The Labute approximate surface area is 216 Å². The molecular weight excluding hydrogens is 470 g/mol. The van der Waals surface area contributed by atoms with Crippen LogP contribution in [0.2, 0.25) is 0 Å². The molecule has 0 amide bonds. The minimum absolute atomic E-state index is 0. The van der Waals surface area contributed by atoms with E-state index in [2.05, 4.69) is 0 Å². The van der Waals surface area contributed by atoms with Crippen molar-refractivity contribution in [3.05, 3.63) is 0 Å². The van der Waals surface area contributed by atoms with E-state index in [4.69, 9.17) is 52.6 Å². The molecule has 0 unspecified atom stereocenters. The third-order valence-electron chi connectivity index (χ3n) is 0. The van der Waals surface area contributed by atoms with E-state index >= 15 is 0 Å². The molecule has 0 bridgehead atoms. The van der Waals surface area contributed by atoms with Gasteiger partial charge in [0.2, 0.25) is 0 Å². The van der Waals surface area contributed by atoms with Crippen molar-refractivity contribution in [1.82, 2.24) is 0 Å². The van der Waals surface area contributed by atoms with Crippen LogP contribution in [0.4, 0.5) is 0 Å². The summed E-state index contributed by atoms with van der Waals surface area (Å²) in [5.41, 5.74) is 0. The van der Waals surface area contributed by atoms with Crippen LogP contribution in [-0.2, 0) is 65.9 Å². The van der Waals surface area contributed by atoms with Gasteiger partial charge in [-0.3, -0.25) is 25.3 Å². The summed E-state index contributed by atoms with van der Waals surface area (Å²) in [6.45, 7) is 0. The van der Waals surface area contributed by atoms with E-state index in [0.717, 1.165) is 0 Å². The molecular formula is H2Cr2K2O12S3. The fourth-order valence-electron chi connectivity index (χ4n) is 0. The van der Waals surface area contributed by atoms with Crippen LogP contribution in [0.1, 0.15) is 0 Å². The SMILES string of the molecule is O=S(=O)([O-])[O-].O=S(=O)([O-])[O-].O=S(=O)([O-])[O-].[Cr+3].[Cr+3].[KH].[KH]. The van der Waals surface area contributed by atoms with E-state index in [0.29, 0.717) is 0 Å². The van der Waals surface area contributed by atoms with Crippen molar-refractivity contribution in [2.24, 2.45) is 0 Å². The summed E-state index contributed by atoms with van der Waals surface area (Å²) in [5.74, 6) is 0. The van der Waals surface area contributed by atoms with E-state index < -0.39 is 31.2 Å². The monoisotopic (exact) mass is 472 g/mol. The summed E-state index contributed by atoms with van der Waals surface area (Å²) in [5, 5.41) is 0. The molecule has 19 heteroatoms. The first-order valence-electron chi connectivity index (χ1n) is 2.00. The van der Waals surface area contributed by atoms with E-state index in [1.54, 1.807) is 0 Å². The zero-order valence-corrected chi connectivity index (χ0v) is 11.9. The van der Waals surface area contributed by atoms with Gasteiger partial charge in [0.1, 0.15) is 0 Å². The molecule has 0 N–H and O–H groups in total. The third kappa shape index (κ3) is 560. The van der Waals surface area contributed by atoms with Gasteiger partial charge in [-0.05, 0) is 0 Å². The molecule has 12 nitrogen and oxygen atoms in total. The van der Waals surface area contributed by atoms with E-state index in [9.17, 15) is 0 Å². The number of rotatable bonds is 0. The van der Waals surface area contributed by atoms with Gasteiger partial charge in [-0.1, -0.05) is 0 Å². The van der Waals surface area contributed by atoms with Crippen molar-refractivity contribution < 1.29 is 87.3 Å². The minimum atomic E-state index is -5.17. The van der Waals surface area contributed by atoms with Gasteiger partial charge in [-0.25, -0.2) is 0 Å². The maximum absolute atomic E-state index is 8.52. The van der Waals surface area contributed by atoms with Crippen molar-refractivity contribution in [3.63, 3.8) is 0 Å². The quantitative estimate of drug-likeness (QED) is 0.182. The molecule has 0 fully saturated rings. The summed E-state index contributed by atoms with van der Waals surface area (Å²) < 4.78 is 102. The molecule has 0 saturated heterocycles. The van der Waals surface area contributed by atoms with Crippen molar-refractivity contribution in [3.8, 4) is 0 Å². The second-order valence-electron chi connectivity index (χ2n) is 1.22. The molecule has 0 aromatic rings. The van der Waals surface area contributed by atoms with Gasteiger partial charge in [0.15, 0.2) is 0 Å². The molecule has 0 aliphatic heterocycles. The maximum atomic E-state index is 8.52.